The zero-order valence-corrected chi connectivity index (χ0v) is 11.8. The summed E-state index contributed by atoms with van der Waals surface area (Å²) in [5, 5.41) is 16.4. The van der Waals surface area contributed by atoms with Gasteiger partial charge < -0.3 is 9.84 Å². The fourth-order valence-electron chi connectivity index (χ4n) is 3.02. The molecule has 2 aliphatic heterocycles. The minimum Gasteiger partial charge on any atom is -0.476 e. The molecule has 0 bridgehead atoms. The van der Waals surface area contributed by atoms with Gasteiger partial charge in [0.25, 0.3) is 0 Å². The number of rotatable bonds is 3. The molecule has 3 heterocycles. The fourth-order valence-corrected chi connectivity index (χ4v) is 3.02. The average molecular weight is 280 g/mol. The van der Waals surface area contributed by atoms with Crippen LogP contribution in [-0.2, 0) is 4.74 Å². The first kappa shape index (κ1) is 13.5. The molecule has 7 heteroatoms. The number of ether oxygens (including phenoxy) is 1. The summed E-state index contributed by atoms with van der Waals surface area (Å²) in [6.07, 6.45) is 3.61. The van der Waals surface area contributed by atoms with Gasteiger partial charge in [-0.15, -0.1) is 5.10 Å². The smallest absolute Gasteiger partial charge is 0.358 e. The molecule has 1 atom stereocenters. The molecular weight excluding hydrogens is 260 g/mol. The van der Waals surface area contributed by atoms with Gasteiger partial charge in [0.1, 0.15) is 0 Å². The Morgan fingerprint density at radius 1 is 1.45 bits per heavy atom. The van der Waals surface area contributed by atoms with Crippen LogP contribution in [0.2, 0.25) is 0 Å². The average Bonchev–Trinajstić information content (AvgIpc) is 2.75. The molecule has 1 N–H and O–H groups in total. The second kappa shape index (κ2) is 4.82. The normalized spacial score (nSPS) is 27.2. The largest absolute Gasteiger partial charge is 0.476 e. The van der Waals surface area contributed by atoms with Crippen molar-refractivity contribution in [3.05, 3.63) is 11.9 Å². The summed E-state index contributed by atoms with van der Waals surface area (Å²) in [5.41, 5.74) is -0.0341. The zero-order valence-electron chi connectivity index (χ0n) is 11.8. The van der Waals surface area contributed by atoms with Crippen molar-refractivity contribution < 1.29 is 14.6 Å². The van der Waals surface area contributed by atoms with E-state index < -0.39 is 5.97 Å². The maximum Gasteiger partial charge on any atom is 0.358 e. The van der Waals surface area contributed by atoms with Crippen molar-refractivity contribution in [2.75, 3.05) is 19.7 Å². The third-order valence-corrected chi connectivity index (χ3v) is 4.18. The Kier molecular flexibility index (Phi) is 3.25. The first-order valence-corrected chi connectivity index (χ1v) is 6.98. The van der Waals surface area contributed by atoms with Crippen molar-refractivity contribution in [1.82, 2.24) is 19.9 Å². The molecule has 1 aromatic rings. The number of aromatic nitrogens is 3. The van der Waals surface area contributed by atoms with Gasteiger partial charge in [0.15, 0.2) is 5.69 Å². The second-order valence-electron chi connectivity index (χ2n) is 6.25. The minimum atomic E-state index is -1.03. The van der Waals surface area contributed by atoms with E-state index in [-0.39, 0.29) is 17.3 Å². The topological polar surface area (TPSA) is 80.5 Å². The fraction of sp³-hybridized carbons (Fsp3) is 0.769. The van der Waals surface area contributed by atoms with Crippen molar-refractivity contribution in [1.29, 1.82) is 0 Å². The van der Waals surface area contributed by atoms with Gasteiger partial charge in [-0.1, -0.05) is 5.21 Å². The molecule has 0 amide bonds. The molecule has 0 spiro atoms. The monoisotopic (exact) mass is 280 g/mol. The number of carboxylic acids is 1. The zero-order chi connectivity index (χ0) is 14.3. The SMILES string of the molecule is CC1(C)CC(N2CC(n3cc(C(=O)O)nn3)C2)CCO1. The highest BCUT2D eigenvalue weighted by molar-refractivity contribution is 5.84. The van der Waals surface area contributed by atoms with Gasteiger partial charge in [-0.2, -0.15) is 0 Å². The molecule has 0 radical (unpaired) electrons. The molecule has 0 aliphatic carbocycles. The Balaban J connectivity index is 1.56. The van der Waals surface area contributed by atoms with Crippen LogP contribution in [0.25, 0.3) is 0 Å². The number of aromatic carboxylic acids is 1. The lowest BCUT2D eigenvalue weighted by Gasteiger charge is -2.48. The van der Waals surface area contributed by atoms with Crippen LogP contribution in [0.1, 0.15) is 43.2 Å². The molecule has 1 aromatic heterocycles. The summed E-state index contributed by atoms with van der Waals surface area (Å²) < 4.78 is 7.41. The van der Waals surface area contributed by atoms with Gasteiger partial charge in [-0.05, 0) is 26.7 Å². The van der Waals surface area contributed by atoms with Crippen LogP contribution >= 0.6 is 0 Å². The predicted octanol–water partition coefficient (Wildman–Crippen LogP) is 0.791. The van der Waals surface area contributed by atoms with Crippen LogP contribution in [0.15, 0.2) is 6.20 Å². The predicted molar refractivity (Wildman–Crippen MR) is 70.6 cm³/mol. The van der Waals surface area contributed by atoms with Crippen molar-refractivity contribution in [3.8, 4) is 0 Å². The molecule has 2 aliphatic rings. The first-order chi connectivity index (χ1) is 9.44. The molecule has 2 fully saturated rings. The Hall–Kier alpha value is -1.47. The third-order valence-electron chi connectivity index (χ3n) is 4.18. The van der Waals surface area contributed by atoms with Crippen LogP contribution in [0.4, 0.5) is 0 Å². The number of likely N-dealkylation sites (tertiary alicyclic amines) is 1. The summed E-state index contributed by atoms with van der Waals surface area (Å²) in [6.45, 7) is 6.89. The summed E-state index contributed by atoms with van der Waals surface area (Å²) in [4.78, 5) is 13.2. The van der Waals surface area contributed by atoms with Gasteiger partial charge in [0.2, 0.25) is 0 Å². The Morgan fingerprint density at radius 2 is 2.20 bits per heavy atom. The minimum absolute atomic E-state index is 0.00986. The van der Waals surface area contributed by atoms with Crippen LogP contribution in [0, 0.1) is 0 Å². The van der Waals surface area contributed by atoms with E-state index in [9.17, 15) is 4.79 Å². The van der Waals surface area contributed by atoms with Gasteiger partial charge >= 0.3 is 5.97 Å². The Morgan fingerprint density at radius 3 is 2.80 bits per heavy atom. The number of hydrogen-bond donors (Lipinski definition) is 1. The molecule has 20 heavy (non-hydrogen) atoms. The number of carboxylic acid groups (broad SMARTS) is 1. The van der Waals surface area contributed by atoms with Gasteiger partial charge in [0, 0.05) is 25.7 Å². The van der Waals surface area contributed by atoms with Crippen molar-refractivity contribution >= 4 is 5.97 Å². The standard InChI is InChI=1S/C13H20N4O3/c1-13(2)5-9(3-4-20-13)16-6-10(7-16)17-8-11(12(18)19)14-15-17/h8-10H,3-7H2,1-2H3,(H,18,19). The van der Waals surface area contributed by atoms with E-state index in [1.54, 1.807) is 4.68 Å². The van der Waals surface area contributed by atoms with Crippen LogP contribution in [0.3, 0.4) is 0 Å². The van der Waals surface area contributed by atoms with Crippen LogP contribution < -0.4 is 0 Å². The molecule has 3 rings (SSSR count). The van der Waals surface area contributed by atoms with Crippen LogP contribution in [0.5, 0.6) is 0 Å². The molecule has 110 valence electrons. The maximum absolute atomic E-state index is 10.8. The first-order valence-electron chi connectivity index (χ1n) is 6.98. The highest BCUT2D eigenvalue weighted by Crippen LogP contribution is 2.32. The highest BCUT2D eigenvalue weighted by Gasteiger charge is 2.39. The summed E-state index contributed by atoms with van der Waals surface area (Å²) >= 11 is 0. The number of carbonyl (C=O) groups is 1. The van der Waals surface area contributed by atoms with Gasteiger partial charge in [-0.3, -0.25) is 4.90 Å². The molecule has 1 unspecified atom stereocenters. The van der Waals surface area contributed by atoms with E-state index in [4.69, 9.17) is 9.84 Å². The number of nitrogens with zero attached hydrogens (tertiary/aromatic N) is 4. The maximum atomic E-state index is 10.8. The quantitative estimate of drug-likeness (QED) is 0.881. The lowest BCUT2D eigenvalue weighted by atomic mass is 9.90. The van der Waals surface area contributed by atoms with E-state index in [2.05, 4.69) is 29.1 Å². The molecule has 0 aromatic carbocycles. The van der Waals surface area contributed by atoms with Crippen molar-refractivity contribution in [2.24, 2.45) is 0 Å². The Labute approximate surface area is 117 Å². The number of hydrogen-bond acceptors (Lipinski definition) is 5. The molecule has 2 saturated heterocycles. The summed E-state index contributed by atoms with van der Waals surface area (Å²) in [7, 11) is 0. The van der Waals surface area contributed by atoms with E-state index in [1.165, 1.54) is 6.20 Å². The highest BCUT2D eigenvalue weighted by atomic mass is 16.5. The second-order valence-corrected chi connectivity index (χ2v) is 6.25. The molecule has 7 nitrogen and oxygen atoms in total. The summed E-state index contributed by atoms with van der Waals surface area (Å²) in [6, 6.07) is 0.791. The van der Waals surface area contributed by atoms with E-state index in [0.717, 1.165) is 32.5 Å². The van der Waals surface area contributed by atoms with Crippen LogP contribution in [-0.4, -0.2) is 62.3 Å². The van der Waals surface area contributed by atoms with Gasteiger partial charge in [0.05, 0.1) is 17.8 Å². The third kappa shape index (κ3) is 2.55. The molecular formula is C13H20N4O3. The molecule has 0 saturated carbocycles. The lowest BCUT2D eigenvalue weighted by Crippen LogP contribution is -2.56. The summed E-state index contributed by atoms with van der Waals surface area (Å²) in [5.74, 6) is -1.03. The van der Waals surface area contributed by atoms with Crippen molar-refractivity contribution in [2.45, 2.75) is 44.4 Å². The van der Waals surface area contributed by atoms with Crippen molar-refractivity contribution in [3.63, 3.8) is 0 Å². The Bertz CT molecular complexity index is 507. The van der Waals surface area contributed by atoms with E-state index in [1.807, 2.05) is 0 Å². The van der Waals surface area contributed by atoms with E-state index >= 15 is 0 Å². The van der Waals surface area contributed by atoms with E-state index in [0.29, 0.717) is 6.04 Å². The lowest BCUT2D eigenvalue weighted by molar-refractivity contribution is -0.0993. The van der Waals surface area contributed by atoms with Gasteiger partial charge in [-0.25, -0.2) is 9.48 Å².